The highest BCUT2D eigenvalue weighted by atomic mass is 32.2. The third-order valence-corrected chi connectivity index (χ3v) is 10.3. The summed E-state index contributed by atoms with van der Waals surface area (Å²) in [5, 5.41) is 21.7. The van der Waals surface area contributed by atoms with Crippen molar-refractivity contribution in [1.82, 2.24) is 10.6 Å². The van der Waals surface area contributed by atoms with Crippen LogP contribution in [0.25, 0.3) is 15.8 Å². The second-order valence-corrected chi connectivity index (χ2v) is 15.2. The first kappa shape index (κ1) is 40.4. The first-order chi connectivity index (χ1) is 23.4. The molecule has 2 aliphatic rings. The van der Waals surface area contributed by atoms with Gasteiger partial charge in [-0.1, -0.05) is 12.1 Å². The number of aliphatic hydroxyl groups is 2. The van der Waals surface area contributed by atoms with E-state index < -0.39 is 25.6 Å². The Morgan fingerprint density at radius 2 is 1.16 bits per heavy atom. The summed E-state index contributed by atoms with van der Waals surface area (Å²) in [5.41, 5.74) is 3.17. The Labute approximate surface area is 286 Å². The molecule has 2 amide bonds. The maximum atomic E-state index is 11.7. The highest BCUT2D eigenvalue weighted by Gasteiger charge is 2.22. The number of amides is 2. The number of hydrogen-bond donors (Lipinski definition) is 4. The van der Waals surface area contributed by atoms with Crippen molar-refractivity contribution >= 4 is 55.2 Å². The van der Waals surface area contributed by atoms with Crippen LogP contribution in [0.2, 0.25) is 0 Å². The Balaban J connectivity index is 0.000000286. The Bertz CT molecular complexity index is 1700. The molecule has 2 saturated heterocycles. The normalized spacial score (nSPS) is 16.2. The molecule has 2 aliphatic heterocycles. The number of hydrogen-bond acceptors (Lipinski definition) is 11. The van der Waals surface area contributed by atoms with Gasteiger partial charge in [-0.15, -0.1) is 0 Å². The van der Waals surface area contributed by atoms with E-state index in [1.807, 2.05) is 34.1 Å². The molecule has 17 heteroatoms. The minimum absolute atomic E-state index is 0.0553. The van der Waals surface area contributed by atoms with E-state index in [-0.39, 0.29) is 67.5 Å². The topological polar surface area (TPSA) is 199 Å². The molecular weight excluding hydrogens is 677 g/mol. The van der Waals surface area contributed by atoms with Gasteiger partial charge < -0.3 is 35.5 Å². The lowest BCUT2D eigenvalue weighted by Gasteiger charge is -2.28. The average Bonchev–Trinajstić information content (AvgIpc) is 3.10. The van der Waals surface area contributed by atoms with E-state index in [9.17, 15) is 31.2 Å². The molecule has 2 heterocycles. The fourth-order valence-corrected chi connectivity index (χ4v) is 6.78. The molecule has 0 aromatic heterocycles. The molecule has 264 valence electrons. The van der Waals surface area contributed by atoms with Gasteiger partial charge in [-0.25, -0.2) is 28.3 Å². The van der Waals surface area contributed by atoms with Crippen LogP contribution in [0.3, 0.4) is 0 Å². The van der Waals surface area contributed by atoms with E-state index in [1.165, 1.54) is 6.08 Å². The summed E-state index contributed by atoms with van der Waals surface area (Å²) in [7, 11) is -5.75. The maximum absolute atomic E-state index is 11.7. The smallest absolute Gasteiger partial charge is 0.300 e. The molecule has 0 saturated carbocycles. The largest absolute Gasteiger partial charge is 0.395 e. The van der Waals surface area contributed by atoms with Gasteiger partial charge in [0.05, 0.1) is 42.8 Å². The van der Waals surface area contributed by atoms with Gasteiger partial charge in [0.2, 0.25) is 5.91 Å². The predicted molar refractivity (Wildman–Crippen MR) is 186 cm³/mol. The van der Waals surface area contributed by atoms with Crippen molar-refractivity contribution in [2.45, 2.75) is 0 Å². The van der Waals surface area contributed by atoms with Crippen molar-refractivity contribution in [1.29, 1.82) is 0 Å². The average molecular weight is 717 g/mol. The van der Waals surface area contributed by atoms with Crippen LogP contribution in [0.15, 0.2) is 54.2 Å². The summed E-state index contributed by atoms with van der Waals surface area (Å²) >= 11 is 0. The van der Waals surface area contributed by atoms with E-state index >= 15 is 0 Å². The number of nitrogens with zero attached hydrogens (tertiary/aromatic N) is 4. The highest BCUT2D eigenvalue weighted by molar-refractivity contribution is 7.91. The van der Waals surface area contributed by atoms with Crippen LogP contribution in [0.5, 0.6) is 0 Å². The Morgan fingerprint density at radius 1 is 0.735 bits per heavy atom. The number of anilines is 2. The molecule has 0 unspecified atom stereocenters. The van der Waals surface area contributed by atoms with Gasteiger partial charge in [0.15, 0.2) is 19.7 Å². The number of nitrogens with one attached hydrogen (secondary N) is 2. The van der Waals surface area contributed by atoms with E-state index in [0.29, 0.717) is 37.3 Å². The Kier molecular flexibility index (Phi) is 16.9. The SMILES string of the molecule is O=Cc1ccc(N2CCS(=O)(=O)CC2)cc1.[C-]#[N+]/C(=C\c1ccc(N2CCS(=O)(=O)CC2)cc1)C(=O)NCCO.[C-]#[N+]CC(=O)NCCO. The van der Waals surface area contributed by atoms with Crippen LogP contribution >= 0.6 is 0 Å². The summed E-state index contributed by atoms with van der Waals surface area (Å²) in [5.74, 6) is -0.128. The van der Waals surface area contributed by atoms with Crippen molar-refractivity contribution in [2.75, 3.05) is 91.8 Å². The van der Waals surface area contributed by atoms with Gasteiger partial charge in [0.1, 0.15) is 6.29 Å². The number of carbonyl (C=O) groups excluding carboxylic acids is 3. The van der Waals surface area contributed by atoms with Crippen LogP contribution in [-0.4, -0.2) is 127 Å². The van der Waals surface area contributed by atoms with Crippen LogP contribution in [0, 0.1) is 13.1 Å². The zero-order chi connectivity index (χ0) is 36.3. The van der Waals surface area contributed by atoms with Gasteiger partial charge >= 0.3 is 0 Å². The summed E-state index contributed by atoms with van der Waals surface area (Å²) in [6.45, 7) is 15.3. The molecular formula is C32H40N6O9S2. The van der Waals surface area contributed by atoms with Gasteiger partial charge in [0, 0.05) is 56.2 Å². The van der Waals surface area contributed by atoms with Gasteiger partial charge in [-0.05, 0) is 48.0 Å². The number of sulfone groups is 2. The second kappa shape index (κ2) is 20.5. The standard InChI is InChI=1S/C16H19N3O4S.C11H13NO3S.C5H8N2O2/c1-17-15(16(21)18-6-9-20)12-13-2-4-14(5-3-13)19-7-10-24(22,23)11-8-19;13-9-10-1-3-11(4-2-10)12-5-7-16(14,15)8-6-12;1-6-4-5(9)7-2-3-8/h2-5,12,20H,6-11H2,(H,18,21);1-4,9H,5-8H2;8H,2-4H2,(H,7,9)/b15-12-;;. The minimum Gasteiger partial charge on any atom is -0.395 e. The molecule has 15 nitrogen and oxygen atoms in total. The van der Waals surface area contributed by atoms with Gasteiger partial charge in [-0.2, -0.15) is 0 Å². The molecule has 2 aromatic rings. The molecule has 0 atom stereocenters. The quantitative estimate of drug-likeness (QED) is 0.147. The van der Waals surface area contributed by atoms with Crippen molar-refractivity contribution in [3.63, 3.8) is 0 Å². The van der Waals surface area contributed by atoms with Crippen molar-refractivity contribution < 1.29 is 41.4 Å². The Morgan fingerprint density at radius 3 is 1.55 bits per heavy atom. The summed E-state index contributed by atoms with van der Waals surface area (Å²) < 4.78 is 45.4. The molecule has 4 rings (SSSR count). The van der Waals surface area contributed by atoms with Crippen LogP contribution in [-0.2, 0) is 29.3 Å². The molecule has 4 N–H and O–H groups in total. The molecule has 0 aliphatic carbocycles. The molecule has 2 aromatic carbocycles. The Hall–Kier alpha value is -4.81. The summed E-state index contributed by atoms with van der Waals surface area (Å²) in [6, 6.07) is 14.4. The number of aliphatic hydroxyl groups excluding tert-OH is 2. The van der Waals surface area contributed by atoms with Crippen molar-refractivity contribution in [2.24, 2.45) is 0 Å². The van der Waals surface area contributed by atoms with Crippen molar-refractivity contribution in [3.05, 3.63) is 88.2 Å². The number of rotatable bonds is 10. The third kappa shape index (κ3) is 14.9. The molecule has 2 fully saturated rings. The molecule has 49 heavy (non-hydrogen) atoms. The van der Waals surface area contributed by atoms with Crippen LogP contribution < -0.4 is 20.4 Å². The second-order valence-electron chi connectivity index (χ2n) is 10.6. The molecule has 0 bridgehead atoms. The summed E-state index contributed by atoms with van der Waals surface area (Å²) in [4.78, 5) is 42.7. The number of carbonyl (C=O) groups is 3. The molecule has 0 spiro atoms. The van der Waals surface area contributed by atoms with E-state index in [1.54, 1.807) is 24.3 Å². The first-order valence-corrected chi connectivity index (χ1v) is 18.8. The van der Waals surface area contributed by atoms with E-state index in [2.05, 4.69) is 20.3 Å². The lowest BCUT2D eigenvalue weighted by molar-refractivity contribution is -0.119. The third-order valence-electron chi connectivity index (χ3n) is 7.05. The van der Waals surface area contributed by atoms with Gasteiger partial charge in [-0.3, -0.25) is 14.4 Å². The monoisotopic (exact) mass is 716 g/mol. The van der Waals surface area contributed by atoms with E-state index in [0.717, 1.165) is 17.7 Å². The maximum Gasteiger partial charge on any atom is 0.300 e. The fraction of sp³-hybridized carbons (Fsp3) is 0.406. The number of benzene rings is 2. The van der Waals surface area contributed by atoms with Crippen LogP contribution in [0.1, 0.15) is 15.9 Å². The fourth-order valence-electron chi connectivity index (χ4n) is 4.38. The lowest BCUT2D eigenvalue weighted by Crippen LogP contribution is -2.40. The first-order valence-electron chi connectivity index (χ1n) is 15.1. The lowest BCUT2D eigenvalue weighted by atomic mass is 10.1. The molecule has 0 radical (unpaired) electrons. The van der Waals surface area contributed by atoms with E-state index in [4.69, 9.17) is 23.4 Å². The number of aldehydes is 1. The van der Waals surface area contributed by atoms with Crippen molar-refractivity contribution in [3.8, 4) is 0 Å². The highest BCUT2D eigenvalue weighted by Crippen LogP contribution is 2.20. The zero-order valence-electron chi connectivity index (χ0n) is 26.8. The minimum atomic E-state index is -2.92. The van der Waals surface area contributed by atoms with Gasteiger partial charge in [0.25, 0.3) is 18.1 Å². The summed E-state index contributed by atoms with van der Waals surface area (Å²) in [6.07, 6.45) is 2.27. The predicted octanol–water partition coefficient (Wildman–Crippen LogP) is 0.0382. The zero-order valence-corrected chi connectivity index (χ0v) is 28.5. The van der Waals surface area contributed by atoms with Crippen LogP contribution in [0.4, 0.5) is 11.4 Å².